The predicted octanol–water partition coefficient (Wildman–Crippen LogP) is 4.46. The van der Waals surface area contributed by atoms with Crippen molar-refractivity contribution >= 4 is 46.6 Å². The van der Waals surface area contributed by atoms with E-state index in [1.54, 1.807) is 76.2 Å². The fourth-order valence-corrected chi connectivity index (χ4v) is 7.07. The highest BCUT2D eigenvalue weighted by atomic mass is 16.6. The van der Waals surface area contributed by atoms with Gasteiger partial charge in [0.15, 0.2) is 26.4 Å². The van der Waals surface area contributed by atoms with Gasteiger partial charge < -0.3 is 60.8 Å². The maximum Gasteiger partial charge on any atom is 0.344 e. The van der Waals surface area contributed by atoms with E-state index < -0.39 is 50.3 Å². The topological polar surface area (TPSA) is 246 Å². The molecule has 0 aliphatic heterocycles. The molecule has 320 valence electrons. The molecule has 16 heteroatoms. The maximum atomic E-state index is 12.7. The largest absolute Gasteiger partial charge is 0.481 e. The summed E-state index contributed by atoms with van der Waals surface area (Å²) in [6, 6.07) is 13.7. The molecule has 0 radical (unpaired) electrons. The van der Waals surface area contributed by atoms with Gasteiger partial charge in [-0.05, 0) is 76.2 Å². The molecule has 0 saturated carbocycles. The van der Waals surface area contributed by atoms with Crippen molar-refractivity contribution in [3.8, 4) is 23.0 Å². The molecule has 16 nitrogen and oxygen atoms in total. The molecule has 0 unspecified atom stereocenters. The molecular weight excluding hydrogens is 776 g/mol. The van der Waals surface area contributed by atoms with E-state index in [0.29, 0.717) is 90.3 Å². The van der Waals surface area contributed by atoms with Crippen molar-refractivity contribution in [1.82, 2.24) is 0 Å². The molecule has 4 aromatic carbocycles. The summed E-state index contributed by atoms with van der Waals surface area (Å²) in [5.74, 6) is -1.10. The summed E-state index contributed by atoms with van der Waals surface area (Å²) >= 11 is 0. The van der Waals surface area contributed by atoms with Gasteiger partial charge in [-0.3, -0.25) is 0 Å². The van der Waals surface area contributed by atoms with Crippen LogP contribution in [0.5, 0.6) is 23.0 Å². The second kappa shape index (κ2) is 20.7. The van der Waals surface area contributed by atoms with Crippen LogP contribution in [0.1, 0.15) is 72.2 Å². The Balaban J connectivity index is 1.82. The maximum absolute atomic E-state index is 12.7. The first-order valence-corrected chi connectivity index (χ1v) is 19.6. The van der Waals surface area contributed by atoms with Crippen LogP contribution in [-0.2, 0) is 63.8 Å². The van der Waals surface area contributed by atoms with E-state index in [0.717, 1.165) is 0 Å². The average molecular weight is 829 g/mol. The number of carbonyl (C=O) groups excluding carboxylic acids is 4. The lowest BCUT2D eigenvalue weighted by molar-refractivity contribution is -0.146. The van der Waals surface area contributed by atoms with Crippen LogP contribution in [0, 0.1) is 0 Å². The van der Waals surface area contributed by atoms with Gasteiger partial charge in [0, 0.05) is 92.9 Å². The highest BCUT2D eigenvalue weighted by Gasteiger charge is 2.25. The third kappa shape index (κ3) is 11.6. The quantitative estimate of drug-likeness (QED) is 0.0609. The van der Waals surface area contributed by atoms with Gasteiger partial charge in [-0.25, -0.2) is 19.2 Å². The standard InChI is InChI=1S/C44H52N4O12/c1-5-53-37(49)21-57-41-25-9-27-15-34(46)17-29(42(27)58-22-38(50)54-6-2)11-31-19-36(48)20-32(44(31)60-24-40(52)56-8-4)12-30-18-35(47)16-28(10-26(41)14-33(45)13-25)43(30)59-23-39(51)55-7-3/h13-20H,5-12,21-24,45-48H2,1-4H3. The van der Waals surface area contributed by atoms with Crippen LogP contribution in [0.25, 0.3) is 0 Å². The monoisotopic (exact) mass is 828 g/mol. The highest BCUT2D eigenvalue weighted by Crippen LogP contribution is 2.41. The van der Waals surface area contributed by atoms with Crippen LogP contribution in [0.15, 0.2) is 48.5 Å². The SMILES string of the molecule is CCOC(=O)COc1c2cc(N)cc1Cc1cc(N)cc(c1OCC(=O)OCC)Cc1cc(N)cc(c1OCC(=O)OCC)Cc1cc(N)cc(c1OCC(=O)OCC)C2. The molecule has 0 heterocycles. The Kier molecular flexibility index (Phi) is 15.3. The third-order valence-corrected chi connectivity index (χ3v) is 9.14. The first-order chi connectivity index (χ1) is 28.8. The molecule has 4 aromatic rings. The number of anilines is 4. The number of carbonyl (C=O) groups is 4. The lowest BCUT2D eigenvalue weighted by Gasteiger charge is -2.23. The molecule has 0 fully saturated rings. The molecule has 0 amide bonds. The summed E-state index contributed by atoms with van der Waals surface area (Å²) in [5, 5.41) is 0. The number of ether oxygens (including phenoxy) is 8. The molecule has 0 aromatic heterocycles. The van der Waals surface area contributed by atoms with Crippen molar-refractivity contribution in [1.29, 1.82) is 0 Å². The van der Waals surface area contributed by atoms with Crippen molar-refractivity contribution in [2.75, 3.05) is 75.8 Å². The minimum absolute atomic E-state index is 0.0924. The predicted molar refractivity (Wildman–Crippen MR) is 223 cm³/mol. The molecule has 60 heavy (non-hydrogen) atoms. The summed E-state index contributed by atoms with van der Waals surface area (Å²) < 4.78 is 45.8. The van der Waals surface area contributed by atoms with Crippen LogP contribution in [0.3, 0.4) is 0 Å². The van der Waals surface area contributed by atoms with Gasteiger partial charge in [0.25, 0.3) is 0 Å². The fraction of sp³-hybridized carbons (Fsp3) is 0.364. The first kappa shape index (κ1) is 44.3. The summed E-state index contributed by atoms with van der Waals surface area (Å²) in [6.07, 6.45) is 0.370. The lowest BCUT2D eigenvalue weighted by atomic mass is 9.90. The van der Waals surface area contributed by atoms with E-state index in [9.17, 15) is 19.2 Å². The summed E-state index contributed by atoms with van der Waals surface area (Å²) in [4.78, 5) is 50.8. The van der Waals surface area contributed by atoms with Crippen LogP contribution in [-0.4, -0.2) is 76.7 Å². The zero-order chi connectivity index (χ0) is 43.3. The Bertz CT molecular complexity index is 1820. The van der Waals surface area contributed by atoms with E-state index in [2.05, 4.69) is 0 Å². The number of benzene rings is 4. The molecule has 5 rings (SSSR count). The zero-order valence-corrected chi connectivity index (χ0v) is 34.3. The summed E-state index contributed by atoms with van der Waals surface area (Å²) in [7, 11) is 0. The Morgan fingerprint density at radius 1 is 0.367 bits per heavy atom. The number of hydrogen-bond acceptors (Lipinski definition) is 16. The van der Waals surface area contributed by atoms with E-state index >= 15 is 0 Å². The van der Waals surface area contributed by atoms with Crippen molar-refractivity contribution in [3.05, 3.63) is 93.0 Å². The van der Waals surface area contributed by atoms with Crippen LogP contribution in [0.2, 0.25) is 0 Å². The molecule has 0 saturated heterocycles. The summed E-state index contributed by atoms with van der Waals surface area (Å²) in [6.45, 7) is 5.65. The van der Waals surface area contributed by atoms with Gasteiger partial charge in [-0.2, -0.15) is 0 Å². The van der Waals surface area contributed by atoms with Crippen molar-refractivity contribution in [3.63, 3.8) is 0 Å². The number of esters is 4. The van der Waals surface area contributed by atoms with Crippen LogP contribution < -0.4 is 41.9 Å². The van der Waals surface area contributed by atoms with E-state index in [-0.39, 0.29) is 52.1 Å². The molecule has 1 aliphatic rings. The van der Waals surface area contributed by atoms with Gasteiger partial charge >= 0.3 is 23.9 Å². The first-order valence-electron chi connectivity index (χ1n) is 19.6. The molecule has 1 aliphatic carbocycles. The molecule has 0 spiro atoms. The van der Waals surface area contributed by atoms with Crippen molar-refractivity contribution < 1.29 is 57.1 Å². The number of hydrogen-bond donors (Lipinski definition) is 4. The molecule has 8 bridgehead atoms. The average Bonchev–Trinajstić information content (AvgIpc) is 3.16. The van der Waals surface area contributed by atoms with Gasteiger partial charge in [-0.15, -0.1) is 0 Å². The van der Waals surface area contributed by atoms with E-state index in [1.807, 2.05) is 0 Å². The highest BCUT2D eigenvalue weighted by molar-refractivity contribution is 5.74. The van der Waals surface area contributed by atoms with Gasteiger partial charge in [0.1, 0.15) is 23.0 Å². The summed E-state index contributed by atoms with van der Waals surface area (Å²) in [5.41, 5.74) is 32.1. The lowest BCUT2D eigenvalue weighted by Crippen LogP contribution is -2.19. The Morgan fingerprint density at radius 2 is 0.533 bits per heavy atom. The molecule has 8 N–H and O–H groups in total. The third-order valence-electron chi connectivity index (χ3n) is 9.14. The van der Waals surface area contributed by atoms with Gasteiger partial charge in [-0.1, -0.05) is 0 Å². The molecule has 0 atom stereocenters. The Labute approximate surface area is 348 Å². The smallest absolute Gasteiger partial charge is 0.344 e. The number of fused-ring (bicyclic) bond motifs is 8. The van der Waals surface area contributed by atoms with Crippen LogP contribution in [0.4, 0.5) is 22.7 Å². The molecular formula is C44H52N4O12. The van der Waals surface area contributed by atoms with E-state index in [4.69, 9.17) is 60.8 Å². The fourth-order valence-electron chi connectivity index (χ4n) is 7.07. The second-order valence-corrected chi connectivity index (χ2v) is 13.8. The minimum atomic E-state index is -0.593. The normalized spacial score (nSPS) is 11.8. The zero-order valence-electron chi connectivity index (χ0n) is 34.3. The number of nitrogen functional groups attached to an aromatic ring is 4. The van der Waals surface area contributed by atoms with Gasteiger partial charge in [0.2, 0.25) is 0 Å². The number of nitrogens with two attached hydrogens (primary N) is 4. The van der Waals surface area contributed by atoms with Crippen LogP contribution >= 0.6 is 0 Å². The van der Waals surface area contributed by atoms with E-state index in [1.165, 1.54) is 0 Å². The minimum Gasteiger partial charge on any atom is -0.481 e. The Hall–Kier alpha value is -6.84. The second-order valence-electron chi connectivity index (χ2n) is 13.8. The van der Waals surface area contributed by atoms with Crippen molar-refractivity contribution in [2.45, 2.75) is 53.4 Å². The Morgan fingerprint density at radius 3 is 0.683 bits per heavy atom. The van der Waals surface area contributed by atoms with Crippen molar-refractivity contribution in [2.24, 2.45) is 0 Å². The van der Waals surface area contributed by atoms with Gasteiger partial charge in [0.05, 0.1) is 26.4 Å². The number of rotatable bonds is 16.